The van der Waals surface area contributed by atoms with Crippen LogP contribution in [-0.4, -0.2) is 31.7 Å². The molecular weight excluding hydrogens is 547 g/mol. The molecule has 0 bridgehead atoms. The Labute approximate surface area is 249 Å². The molecule has 218 valence electrons. The first-order valence-corrected chi connectivity index (χ1v) is 13.9. The van der Waals surface area contributed by atoms with Crippen molar-refractivity contribution in [2.24, 2.45) is 0 Å². The van der Waals surface area contributed by atoms with E-state index in [0.717, 1.165) is 44.9 Å². The van der Waals surface area contributed by atoms with Gasteiger partial charge in [0, 0.05) is 40.8 Å². The van der Waals surface area contributed by atoms with Gasteiger partial charge in [0.15, 0.2) is 0 Å². The first-order chi connectivity index (χ1) is 20.6. The Hall–Kier alpha value is -5.11. The maximum atomic E-state index is 14.4. The highest BCUT2D eigenvalue weighted by atomic mass is 19.1. The third-order valence-electron chi connectivity index (χ3n) is 7.79. The number of hydrogen-bond acceptors (Lipinski definition) is 7. The molecule has 7 nitrogen and oxygen atoms in total. The summed E-state index contributed by atoms with van der Waals surface area (Å²) in [4.78, 5) is 27.0. The summed E-state index contributed by atoms with van der Waals surface area (Å²) in [6.45, 7) is 6.75. The molecular formula is C35H31FN2O5. The van der Waals surface area contributed by atoms with Crippen LogP contribution in [0.2, 0.25) is 0 Å². The lowest BCUT2D eigenvalue weighted by molar-refractivity contribution is 0.0600. The minimum absolute atomic E-state index is 0.219. The van der Waals surface area contributed by atoms with Crippen molar-refractivity contribution in [1.29, 1.82) is 0 Å². The van der Waals surface area contributed by atoms with Crippen molar-refractivity contribution in [3.63, 3.8) is 0 Å². The number of halogens is 1. The number of methoxy groups -OCH3 is 2. The molecule has 0 spiro atoms. The second kappa shape index (κ2) is 10.6. The van der Waals surface area contributed by atoms with E-state index in [1.165, 1.54) is 19.2 Å². The van der Waals surface area contributed by atoms with Crippen molar-refractivity contribution in [3.05, 3.63) is 113 Å². The average Bonchev–Trinajstić information content (AvgIpc) is 3.37. The highest BCUT2D eigenvalue weighted by molar-refractivity contribution is 5.98. The van der Waals surface area contributed by atoms with Gasteiger partial charge >= 0.3 is 11.9 Å². The summed E-state index contributed by atoms with van der Waals surface area (Å²) < 4.78 is 30.6. The Kier molecular flexibility index (Phi) is 6.92. The van der Waals surface area contributed by atoms with E-state index >= 15 is 0 Å². The van der Waals surface area contributed by atoms with Gasteiger partial charge in [0.05, 0.1) is 30.9 Å². The molecule has 0 unspecified atom stereocenters. The van der Waals surface area contributed by atoms with Gasteiger partial charge in [0.1, 0.15) is 17.3 Å². The van der Waals surface area contributed by atoms with E-state index in [9.17, 15) is 14.0 Å². The maximum Gasteiger partial charge on any atom is 0.343 e. The Balaban J connectivity index is 1.37. The molecule has 4 aromatic carbocycles. The number of esters is 2. The Bertz CT molecular complexity index is 1830. The number of carbonyl (C=O) groups excluding carboxylic acids is 2. The molecule has 4 aromatic rings. The van der Waals surface area contributed by atoms with Crippen LogP contribution in [0.15, 0.2) is 78.9 Å². The average molecular weight is 579 g/mol. The third-order valence-corrected chi connectivity index (χ3v) is 7.79. The smallest absolute Gasteiger partial charge is 0.343 e. The molecule has 0 amide bonds. The van der Waals surface area contributed by atoms with Gasteiger partial charge in [-0.15, -0.1) is 0 Å². The molecule has 2 aliphatic heterocycles. The zero-order valence-corrected chi connectivity index (χ0v) is 24.6. The molecule has 6 rings (SSSR count). The highest BCUT2D eigenvalue weighted by Gasteiger charge is 2.37. The van der Waals surface area contributed by atoms with E-state index in [1.54, 1.807) is 49.6 Å². The lowest BCUT2D eigenvalue weighted by atomic mass is 9.89. The molecule has 0 radical (unpaired) electrons. The number of nitrogens with one attached hydrogen (secondary N) is 1. The standard InChI is InChI=1S/C35H31FN2O5/c1-20-9-10-23(36)16-29(20)38-19-27-25(13-14-28-32(27)30(38)18-35(2,3)37-28)26-12-11-24(17-31(26)41-4)43-34(40)22-8-6-7-21(15-22)33(39)42-5/h6-18,37H,19H2,1-5H3. The van der Waals surface area contributed by atoms with Gasteiger partial charge < -0.3 is 24.4 Å². The summed E-state index contributed by atoms with van der Waals surface area (Å²) in [5.41, 5.74) is 7.96. The molecule has 0 saturated carbocycles. The van der Waals surface area contributed by atoms with Gasteiger partial charge in [0.25, 0.3) is 0 Å². The molecule has 0 saturated heterocycles. The molecule has 1 N–H and O–H groups in total. The van der Waals surface area contributed by atoms with Crippen molar-refractivity contribution < 1.29 is 28.2 Å². The zero-order valence-electron chi connectivity index (χ0n) is 24.6. The number of rotatable bonds is 6. The van der Waals surface area contributed by atoms with Crippen LogP contribution in [-0.2, 0) is 11.3 Å². The predicted molar refractivity (Wildman–Crippen MR) is 164 cm³/mol. The molecule has 43 heavy (non-hydrogen) atoms. The fourth-order valence-electron chi connectivity index (χ4n) is 5.82. The normalized spacial score (nSPS) is 14.4. The van der Waals surface area contributed by atoms with E-state index in [-0.39, 0.29) is 22.5 Å². The molecule has 0 fully saturated rings. The summed E-state index contributed by atoms with van der Waals surface area (Å²) in [5, 5.41) is 3.62. The van der Waals surface area contributed by atoms with Crippen molar-refractivity contribution in [2.45, 2.75) is 32.9 Å². The van der Waals surface area contributed by atoms with Gasteiger partial charge in [0.2, 0.25) is 0 Å². The predicted octanol–water partition coefficient (Wildman–Crippen LogP) is 7.38. The van der Waals surface area contributed by atoms with Crippen LogP contribution in [0.5, 0.6) is 11.5 Å². The summed E-state index contributed by atoms with van der Waals surface area (Å²) in [5.74, 6) is -0.613. The van der Waals surface area contributed by atoms with Crippen LogP contribution in [0.1, 0.15) is 51.3 Å². The van der Waals surface area contributed by atoms with Crippen LogP contribution in [0.4, 0.5) is 15.8 Å². The number of benzene rings is 4. The number of hydrogen-bond donors (Lipinski definition) is 1. The lowest BCUT2D eigenvalue weighted by Crippen LogP contribution is -2.33. The highest BCUT2D eigenvalue weighted by Crippen LogP contribution is 2.50. The van der Waals surface area contributed by atoms with E-state index < -0.39 is 11.9 Å². The number of nitrogens with zero attached hydrogens (tertiary/aromatic N) is 1. The maximum absolute atomic E-state index is 14.4. The Morgan fingerprint density at radius 1 is 0.907 bits per heavy atom. The molecule has 2 heterocycles. The fourth-order valence-corrected chi connectivity index (χ4v) is 5.82. The summed E-state index contributed by atoms with van der Waals surface area (Å²) in [6.07, 6.45) is 2.19. The molecule has 0 atom stereocenters. The van der Waals surface area contributed by atoms with E-state index in [4.69, 9.17) is 14.2 Å². The molecule has 2 aliphatic rings. The van der Waals surface area contributed by atoms with E-state index in [2.05, 4.69) is 42.3 Å². The zero-order chi connectivity index (χ0) is 30.5. The van der Waals surface area contributed by atoms with Crippen LogP contribution in [0.3, 0.4) is 0 Å². The summed E-state index contributed by atoms with van der Waals surface area (Å²) in [7, 11) is 2.85. The second-order valence-corrected chi connectivity index (χ2v) is 11.2. The van der Waals surface area contributed by atoms with Crippen molar-refractivity contribution in [2.75, 3.05) is 24.4 Å². The van der Waals surface area contributed by atoms with E-state index in [1.807, 2.05) is 13.0 Å². The van der Waals surface area contributed by atoms with Gasteiger partial charge in [-0.2, -0.15) is 0 Å². The SMILES string of the molecule is COC(=O)c1cccc(C(=O)Oc2ccc(-c3ccc4c5c3CN(c3cc(F)ccc3C)C5=CC(C)(C)N4)c(OC)c2)c1. The fraction of sp³-hybridized carbons (Fsp3) is 0.200. The van der Waals surface area contributed by atoms with Crippen molar-refractivity contribution >= 4 is 29.0 Å². The largest absolute Gasteiger partial charge is 0.496 e. The lowest BCUT2D eigenvalue weighted by Gasteiger charge is -2.33. The van der Waals surface area contributed by atoms with Gasteiger partial charge in [-0.3, -0.25) is 0 Å². The summed E-state index contributed by atoms with van der Waals surface area (Å²) >= 11 is 0. The van der Waals surface area contributed by atoms with Gasteiger partial charge in [-0.1, -0.05) is 18.2 Å². The van der Waals surface area contributed by atoms with Crippen LogP contribution >= 0.6 is 0 Å². The Morgan fingerprint density at radius 3 is 2.40 bits per heavy atom. The third kappa shape index (κ3) is 5.09. The van der Waals surface area contributed by atoms with Crippen LogP contribution < -0.4 is 19.7 Å². The van der Waals surface area contributed by atoms with Gasteiger partial charge in [-0.05, 0) is 92.1 Å². The van der Waals surface area contributed by atoms with Crippen molar-refractivity contribution in [3.8, 4) is 22.6 Å². The second-order valence-electron chi connectivity index (χ2n) is 11.2. The van der Waals surface area contributed by atoms with Gasteiger partial charge in [-0.25, -0.2) is 14.0 Å². The number of ether oxygens (including phenoxy) is 3. The minimum atomic E-state index is -0.613. The topological polar surface area (TPSA) is 77.1 Å². The first-order valence-electron chi connectivity index (χ1n) is 13.9. The molecule has 8 heteroatoms. The number of anilines is 2. The molecule has 0 aliphatic carbocycles. The minimum Gasteiger partial charge on any atom is -0.496 e. The van der Waals surface area contributed by atoms with Crippen LogP contribution in [0, 0.1) is 12.7 Å². The quantitative estimate of drug-likeness (QED) is 0.189. The molecule has 0 aromatic heterocycles. The van der Waals surface area contributed by atoms with Crippen LogP contribution in [0.25, 0.3) is 16.8 Å². The number of carbonyl (C=O) groups is 2. The number of aryl methyl sites for hydroxylation is 1. The van der Waals surface area contributed by atoms with E-state index in [0.29, 0.717) is 18.0 Å². The monoisotopic (exact) mass is 578 g/mol. The van der Waals surface area contributed by atoms with Crippen molar-refractivity contribution in [1.82, 2.24) is 0 Å². The first kappa shape index (κ1) is 28.0. The Morgan fingerprint density at radius 2 is 1.65 bits per heavy atom. The summed E-state index contributed by atoms with van der Waals surface area (Å²) in [6, 6.07) is 20.4.